The number of aromatic nitrogens is 2. The average Bonchev–Trinajstić information content (AvgIpc) is 2.48. The first-order valence-electron chi connectivity index (χ1n) is 7.46. The van der Waals surface area contributed by atoms with E-state index < -0.39 is 12.7 Å². The van der Waals surface area contributed by atoms with Crippen LogP contribution in [0.1, 0.15) is 38.1 Å². The van der Waals surface area contributed by atoms with Crippen LogP contribution in [-0.2, 0) is 12.0 Å². The minimum atomic E-state index is -2.90. The largest absolute Gasteiger partial charge is 0.435 e. The Morgan fingerprint density at radius 3 is 2.38 bits per heavy atom. The summed E-state index contributed by atoms with van der Waals surface area (Å²) in [5.41, 5.74) is 0.666. The molecule has 0 saturated carbocycles. The number of aliphatic hydroxyl groups excluding tert-OH is 1. The van der Waals surface area contributed by atoms with Crippen LogP contribution in [0.3, 0.4) is 0 Å². The third-order valence-corrected chi connectivity index (χ3v) is 3.51. The summed E-state index contributed by atoms with van der Waals surface area (Å²) in [5, 5.41) is 10.2. The van der Waals surface area contributed by atoms with Crippen molar-refractivity contribution in [3.05, 3.63) is 58.3 Å². The Labute approximate surface area is 138 Å². The van der Waals surface area contributed by atoms with E-state index in [9.17, 15) is 18.7 Å². The Hall–Kier alpha value is -2.28. The lowest BCUT2D eigenvalue weighted by molar-refractivity contribution is -0.0498. The van der Waals surface area contributed by atoms with Crippen LogP contribution >= 0.6 is 0 Å². The van der Waals surface area contributed by atoms with Crippen molar-refractivity contribution in [2.24, 2.45) is 0 Å². The van der Waals surface area contributed by atoms with Crippen molar-refractivity contribution < 1.29 is 18.6 Å². The smallest absolute Gasteiger partial charge is 0.387 e. The molecule has 0 bridgehead atoms. The zero-order valence-corrected chi connectivity index (χ0v) is 13.7. The maximum Gasteiger partial charge on any atom is 0.387 e. The Balaban J connectivity index is 2.12. The van der Waals surface area contributed by atoms with Crippen molar-refractivity contribution in [1.82, 2.24) is 9.55 Å². The van der Waals surface area contributed by atoms with Gasteiger partial charge in [-0.15, -0.1) is 0 Å². The summed E-state index contributed by atoms with van der Waals surface area (Å²) >= 11 is 0. The van der Waals surface area contributed by atoms with Crippen LogP contribution in [0.4, 0.5) is 8.78 Å². The zero-order valence-electron chi connectivity index (χ0n) is 13.7. The molecule has 0 saturated heterocycles. The number of hydrogen-bond donors (Lipinski definition) is 1. The van der Waals surface area contributed by atoms with E-state index in [1.807, 2.05) is 20.8 Å². The van der Waals surface area contributed by atoms with E-state index in [0.717, 1.165) is 0 Å². The molecule has 0 radical (unpaired) electrons. The molecule has 1 N–H and O–H groups in total. The number of benzene rings is 1. The first-order chi connectivity index (χ1) is 11.2. The van der Waals surface area contributed by atoms with E-state index in [-0.39, 0.29) is 23.3 Å². The summed E-state index contributed by atoms with van der Waals surface area (Å²) in [4.78, 5) is 16.4. The van der Waals surface area contributed by atoms with E-state index in [0.29, 0.717) is 11.3 Å². The van der Waals surface area contributed by atoms with E-state index in [4.69, 9.17) is 0 Å². The van der Waals surface area contributed by atoms with Gasteiger partial charge in [0, 0.05) is 11.5 Å². The molecule has 0 spiro atoms. The molecule has 24 heavy (non-hydrogen) atoms. The highest BCUT2D eigenvalue weighted by Gasteiger charge is 2.17. The number of rotatable bonds is 5. The summed E-state index contributed by atoms with van der Waals surface area (Å²) in [6.07, 6.45) is 0.436. The number of ether oxygens (including phenoxy) is 1. The second kappa shape index (κ2) is 7.09. The molecule has 2 aromatic rings. The lowest BCUT2D eigenvalue weighted by Gasteiger charge is -2.18. The second-order valence-corrected chi connectivity index (χ2v) is 6.48. The van der Waals surface area contributed by atoms with E-state index >= 15 is 0 Å². The highest BCUT2D eigenvalue weighted by atomic mass is 19.3. The quantitative estimate of drug-likeness (QED) is 0.910. The Bertz CT molecular complexity index is 737. The second-order valence-electron chi connectivity index (χ2n) is 6.48. The van der Waals surface area contributed by atoms with Gasteiger partial charge < -0.3 is 9.84 Å². The molecule has 0 aliphatic carbocycles. The van der Waals surface area contributed by atoms with Gasteiger partial charge in [-0.05, 0) is 17.7 Å². The monoisotopic (exact) mass is 338 g/mol. The molecule has 0 fully saturated rings. The molecule has 1 aromatic carbocycles. The van der Waals surface area contributed by atoms with Crippen LogP contribution in [0.25, 0.3) is 0 Å². The van der Waals surface area contributed by atoms with Gasteiger partial charge in [-0.1, -0.05) is 32.9 Å². The molecule has 0 aliphatic heterocycles. The molecule has 0 amide bonds. The van der Waals surface area contributed by atoms with Gasteiger partial charge in [0.1, 0.15) is 5.75 Å². The van der Waals surface area contributed by atoms with Gasteiger partial charge in [0.15, 0.2) is 0 Å². The Kier molecular flexibility index (Phi) is 5.33. The van der Waals surface area contributed by atoms with Crippen LogP contribution in [0.15, 0.2) is 41.5 Å². The summed E-state index contributed by atoms with van der Waals surface area (Å²) in [6, 6.07) is 7.09. The molecule has 5 nitrogen and oxygen atoms in total. The van der Waals surface area contributed by atoms with Crippen molar-refractivity contribution >= 4 is 0 Å². The number of halogens is 2. The third-order valence-electron chi connectivity index (χ3n) is 3.51. The van der Waals surface area contributed by atoms with Gasteiger partial charge >= 0.3 is 6.61 Å². The van der Waals surface area contributed by atoms with Gasteiger partial charge in [0.25, 0.3) is 5.56 Å². The molecule has 1 atom stereocenters. The van der Waals surface area contributed by atoms with Crippen LogP contribution in [0.5, 0.6) is 5.75 Å². The number of aliphatic hydroxyl groups is 1. The summed E-state index contributed by atoms with van der Waals surface area (Å²) in [7, 11) is 0. The molecule has 7 heteroatoms. The third kappa shape index (κ3) is 4.61. The average molecular weight is 338 g/mol. The number of hydrogen-bond acceptors (Lipinski definition) is 4. The molecule has 0 aliphatic rings. The Morgan fingerprint density at radius 2 is 1.88 bits per heavy atom. The van der Waals surface area contributed by atoms with Crippen molar-refractivity contribution in [3.63, 3.8) is 0 Å². The van der Waals surface area contributed by atoms with Gasteiger partial charge in [0.2, 0.25) is 0 Å². The van der Waals surface area contributed by atoms with Gasteiger partial charge in [-0.25, -0.2) is 4.98 Å². The minimum Gasteiger partial charge on any atom is -0.435 e. The predicted octanol–water partition coefficient (Wildman–Crippen LogP) is 2.88. The maximum absolute atomic E-state index is 12.1. The van der Waals surface area contributed by atoms with E-state index in [1.165, 1.54) is 41.2 Å². The van der Waals surface area contributed by atoms with Gasteiger partial charge in [-0.2, -0.15) is 8.78 Å². The molecule has 1 heterocycles. The summed E-state index contributed by atoms with van der Waals surface area (Å²) in [6.45, 7) is 2.99. The first kappa shape index (κ1) is 18.1. The minimum absolute atomic E-state index is 0.00862. The number of alkyl halides is 2. The molecular formula is C17H20F2N2O3. The van der Waals surface area contributed by atoms with Crippen LogP contribution in [-0.4, -0.2) is 21.3 Å². The normalized spacial score (nSPS) is 13.1. The topological polar surface area (TPSA) is 64.4 Å². The Morgan fingerprint density at radius 1 is 1.25 bits per heavy atom. The lowest BCUT2D eigenvalue weighted by atomic mass is 9.92. The maximum atomic E-state index is 12.1. The van der Waals surface area contributed by atoms with Crippen LogP contribution in [0, 0.1) is 0 Å². The molecule has 1 unspecified atom stereocenters. The fourth-order valence-corrected chi connectivity index (χ4v) is 2.14. The van der Waals surface area contributed by atoms with Crippen molar-refractivity contribution in [3.8, 4) is 5.75 Å². The SMILES string of the molecule is CC(C)(C)c1cc(=O)n(CC(O)c2ccc(OC(F)F)cc2)cn1. The summed E-state index contributed by atoms with van der Waals surface area (Å²) in [5.74, 6) is 0.00862. The fraction of sp³-hybridized carbons (Fsp3) is 0.412. The lowest BCUT2D eigenvalue weighted by Crippen LogP contribution is -2.26. The highest BCUT2D eigenvalue weighted by Crippen LogP contribution is 2.21. The predicted molar refractivity (Wildman–Crippen MR) is 85.2 cm³/mol. The van der Waals surface area contributed by atoms with Crippen LogP contribution < -0.4 is 10.3 Å². The fourth-order valence-electron chi connectivity index (χ4n) is 2.14. The van der Waals surface area contributed by atoms with Crippen LogP contribution in [0.2, 0.25) is 0 Å². The van der Waals surface area contributed by atoms with Crippen molar-refractivity contribution in [1.29, 1.82) is 0 Å². The van der Waals surface area contributed by atoms with Crippen molar-refractivity contribution in [2.45, 2.75) is 45.4 Å². The zero-order chi connectivity index (χ0) is 17.9. The number of nitrogens with zero attached hydrogens (tertiary/aromatic N) is 2. The standard InChI is InChI=1S/C17H20F2N2O3/c1-17(2,3)14-8-15(23)21(10-20-14)9-13(22)11-4-6-12(7-5-11)24-16(18)19/h4-8,10,13,16,22H,9H2,1-3H3. The highest BCUT2D eigenvalue weighted by molar-refractivity contribution is 5.28. The summed E-state index contributed by atoms with van der Waals surface area (Å²) < 4.78 is 29.8. The molecule has 2 rings (SSSR count). The molecule has 1 aromatic heterocycles. The van der Waals surface area contributed by atoms with E-state index in [1.54, 1.807) is 0 Å². The van der Waals surface area contributed by atoms with E-state index in [2.05, 4.69) is 9.72 Å². The van der Waals surface area contributed by atoms with Gasteiger partial charge in [0.05, 0.1) is 24.7 Å². The van der Waals surface area contributed by atoms with Crippen molar-refractivity contribution in [2.75, 3.05) is 0 Å². The first-order valence-corrected chi connectivity index (χ1v) is 7.46. The van der Waals surface area contributed by atoms with Gasteiger partial charge in [-0.3, -0.25) is 9.36 Å². The molecule has 130 valence electrons. The molecular weight excluding hydrogens is 318 g/mol.